The van der Waals surface area contributed by atoms with Crippen molar-refractivity contribution in [3.05, 3.63) is 138 Å². The predicted molar refractivity (Wildman–Crippen MR) is 177 cm³/mol. The molecule has 6 heteroatoms. The number of allylic oxidation sites excluding steroid dienone is 4. The van der Waals surface area contributed by atoms with Crippen molar-refractivity contribution >= 4 is 16.6 Å². The lowest BCUT2D eigenvalue weighted by Gasteiger charge is -2.41. The highest BCUT2D eigenvalue weighted by atomic mass is 16.5. The smallest absolute Gasteiger partial charge is 0.119 e. The molecule has 1 fully saturated rings. The van der Waals surface area contributed by atoms with E-state index < -0.39 is 5.54 Å². The average molecular weight is 583 g/mol. The summed E-state index contributed by atoms with van der Waals surface area (Å²) in [4.78, 5) is 7.06. The van der Waals surface area contributed by atoms with Gasteiger partial charge in [-0.2, -0.15) is 5.10 Å². The Morgan fingerprint density at radius 1 is 0.818 bits per heavy atom. The van der Waals surface area contributed by atoms with Crippen LogP contribution in [0.25, 0.3) is 22.0 Å². The molecule has 1 unspecified atom stereocenters. The van der Waals surface area contributed by atoms with Crippen molar-refractivity contribution in [1.29, 1.82) is 0 Å². The zero-order valence-corrected chi connectivity index (χ0v) is 25.5. The number of methoxy groups -OCH3 is 2. The van der Waals surface area contributed by atoms with E-state index in [1.165, 1.54) is 11.1 Å². The van der Waals surface area contributed by atoms with Crippen LogP contribution in [0.2, 0.25) is 0 Å². The zero-order valence-electron chi connectivity index (χ0n) is 25.5. The fraction of sp³-hybridized carbons (Fsp3) is 0.263. The van der Waals surface area contributed by atoms with Gasteiger partial charge in [0.15, 0.2) is 0 Å². The molecule has 3 heterocycles. The van der Waals surface area contributed by atoms with Crippen LogP contribution in [0.1, 0.15) is 23.2 Å². The third-order valence-electron chi connectivity index (χ3n) is 9.40. The first-order valence-corrected chi connectivity index (χ1v) is 15.3. The molecule has 222 valence electrons. The molecular weight excluding hydrogens is 544 g/mol. The van der Waals surface area contributed by atoms with Crippen LogP contribution in [-0.2, 0) is 15.0 Å². The number of benzene rings is 3. The van der Waals surface area contributed by atoms with Gasteiger partial charge in [0.05, 0.1) is 11.2 Å². The van der Waals surface area contributed by atoms with Gasteiger partial charge in [-0.3, -0.25) is 9.67 Å². The highest BCUT2D eigenvalue weighted by Crippen LogP contribution is 2.45. The highest BCUT2D eigenvalue weighted by molar-refractivity contribution is 5.95. The largest absolute Gasteiger partial charge is 0.377 e. The topological polar surface area (TPSA) is 52.4 Å². The zero-order chi connectivity index (χ0) is 30.1. The molecule has 1 aliphatic carbocycles. The molecule has 2 aliphatic rings. The molecule has 3 atom stereocenters. The number of pyridine rings is 1. The minimum atomic E-state index is -0.532. The number of rotatable bonds is 8. The molecule has 44 heavy (non-hydrogen) atoms. The van der Waals surface area contributed by atoms with Gasteiger partial charge in [-0.05, 0) is 48.2 Å². The van der Waals surface area contributed by atoms with E-state index in [2.05, 4.69) is 132 Å². The number of aromatic nitrogens is 3. The van der Waals surface area contributed by atoms with E-state index in [1.54, 1.807) is 14.2 Å². The van der Waals surface area contributed by atoms with Crippen molar-refractivity contribution in [2.75, 3.05) is 32.2 Å². The molecule has 0 bridgehead atoms. The molecular formula is C38H38N4O2. The fourth-order valence-electron chi connectivity index (χ4n) is 7.20. The summed E-state index contributed by atoms with van der Waals surface area (Å²) in [5.41, 5.74) is 7.22. The number of hydrogen-bond acceptors (Lipinski definition) is 5. The lowest BCUT2D eigenvalue weighted by atomic mass is 9.70. The van der Waals surface area contributed by atoms with Gasteiger partial charge >= 0.3 is 0 Å². The molecule has 7 rings (SSSR count). The minimum Gasteiger partial charge on any atom is -0.377 e. The Hall–Kier alpha value is -4.52. The fourth-order valence-corrected chi connectivity index (χ4v) is 7.20. The Morgan fingerprint density at radius 3 is 2.11 bits per heavy atom. The van der Waals surface area contributed by atoms with Gasteiger partial charge in [0.25, 0.3) is 0 Å². The van der Waals surface area contributed by atoms with Crippen molar-refractivity contribution in [2.24, 2.45) is 5.92 Å². The first-order valence-electron chi connectivity index (χ1n) is 15.3. The van der Waals surface area contributed by atoms with E-state index >= 15 is 0 Å². The van der Waals surface area contributed by atoms with Crippen LogP contribution in [0.3, 0.4) is 0 Å². The summed E-state index contributed by atoms with van der Waals surface area (Å²) in [6.45, 7) is 3.66. The van der Waals surface area contributed by atoms with Crippen LogP contribution in [0.5, 0.6) is 0 Å². The minimum absolute atomic E-state index is 0.0275. The third-order valence-corrected chi connectivity index (χ3v) is 9.40. The second kappa shape index (κ2) is 11.9. The molecule has 0 N–H and O–H groups in total. The van der Waals surface area contributed by atoms with Gasteiger partial charge in [-0.1, -0.05) is 91.0 Å². The third kappa shape index (κ3) is 4.75. The van der Waals surface area contributed by atoms with Crippen molar-refractivity contribution in [3.63, 3.8) is 0 Å². The molecule has 0 radical (unpaired) electrons. The number of ether oxygens (including phenoxy) is 2. The summed E-state index contributed by atoms with van der Waals surface area (Å²) >= 11 is 0. The van der Waals surface area contributed by atoms with Gasteiger partial charge in [0, 0.05) is 62.3 Å². The molecule has 5 aromatic rings. The van der Waals surface area contributed by atoms with Crippen molar-refractivity contribution in [1.82, 2.24) is 14.8 Å². The van der Waals surface area contributed by atoms with E-state index in [1.807, 2.05) is 6.20 Å². The monoisotopic (exact) mass is 582 g/mol. The van der Waals surface area contributed by atoms with Crippen LogP contribution in [-0.4, -0.2) is 54.3 Å². The summed E-state index contributed by atoms with van der Waals surface area (Å²) in [5, 5.41) is 6.42. The second-order valence-electron chi connectivity index (χ2n) is 11.7. The molecule has 2 aromatic heterocycles. The van der Waals surface area contributed by atoms with Crippen LogP contribution in [0, 0.1) is 12.8 Å². The van der Waals surface area contributed by atoms with E-state index in [0.717, 1.165) is 52.9 Å². The maximum absolute atomic E-state index is 5.74. The van der Waals surface area contributed by atoms with E-state index in [0.29, 0.717) is 0 Å². The van der Waals surface area contributed by atoms with E-state index in [-0.39, 0.29) is 18.1 Å². The number of aryl methyl sites for hydroxylation is 1. The first kappa shape index (κ1) is 28.3. The summed E-state index contributed by atoms with van der Waals surface area (Å²) in [6, 6.07) is 30.3. The highest BCUT2D eigenvalue weighted by Gasteiger charge is 2.44. The first-order chi connectivity index (χ1) is 21.6. The Morgan fingerprint density at radius 2 is 1.50 bits per heavy atom. The number of anilines is 1. The standard InChI is InChI=1S/C38H38N4O2/c1-27-33(28-19-20-34-32(23-28)35(21-22-39-34)41-25-36(43-2)37(26-41)44-3)24-42(40-27)38(29-13-7-4-8-14-29,30-15-9-5-10-16-30)31-17-11-6-12-18-31/h4-17,19-24,31,36-37H,18,25-26H2,1-3H3/t31?,36-,37-/m0/s1. The van der Waals surface area contributed by atoms with E-state index in [4.69, 9.17) is 19.6 Å². The SMILES string of the molecule is CO[C@H]1CN(c2ccnc3ccc(-c4cn(C(c5ccccc5)(c5ccccc5)C5C=CC=CC5)nc4C)cc23)C[C@@H]1OC. The maximum atomic E-state index is 5.74. The molecule has 3 aromatic carbocycles. The summed E-state index contributed by atoms with van der Waals surface area (Å²) in [7, 11) is 3.52. The molecule has 0 spiro atoms. The molecule has 6 nitrogen and oxygen atoms in total. The van der Waals surface area contributed by atoms with Crippen LogP contribution in [0.15, 0.2) is 122 Å². The van der Waals surface area contributed by atoms with Gasteiger partial charge in [-0.25, -0.2) is 0 Å². The second-order valence-corrected chi connectivity index (χ2v) is 11.7. The Labute approximate surface area is 259 Å². The Balaban J connectivity index is 1.38. The van der Waals surface area contributed by atoms with E-state index in [9.17, 15) is 0 Å². The van der Waals surface area contributed by atoms with Crippen molar-refractivity contribution < 1.29 is 9.47 Å². The lowest BCUT2D eigenvalue weighted by molar-refractivity contribution is -0.00461. The summed E-state index contributed by atoms with van der Waals surface area (Å²) in [6.07, 6.45) is 14.0. The van der Waals surface area contributed by atoms with Gasteiger partial charge in [0.2, 0.25) is 0 Å². The number of fused-ring (bicyclic) bond motifs is 1. The summed E-state index contributed by atoms with van der Waals surface area (Å²) in [5.74, 6) is 0.175. The molecule has 0 saturated carbocycles. The Kier molecular flexibility index (Phi) is 7.62. The molecule has 0 amide bonds. The normalized spacial score (nSPS) is 20.1. The number of nitrogens with zero attached hydrogens (tertiary/aromatic N) is 4. The van der Waals surface area contributed by atoms with Gasteiger partial charge in [-0.15, -0.1) is 0 Å². The molecule has 1 saturated heterocycles. The average Bonchev–Trinajstić information content (AvgIpc) is 3.69. The molecule has 1 aliphatic heterocycles. The van der Waals surface area contributed by atoms with Gasteiger partial charge in [0.1, 0.15) is 17.7 Å². The van der Waals surface area contributed by atoms with Crippen molar-refractivity contribution in [2.45, 2.75) is 31.1 Å². The van der Waals surface area contributed by atoms with Crippen LogP contribution >= 0.6 is 0 Å². The summed E-state index contributed by atoms with van der Waals surface area (Å²) < 4.78 is 13.7. The number of hydrogen-bond donors (Lipinski definition) is 0. The van der Waals surface area contributed by atoms with Crippen LogP contribution in [0.4, 0.5) is 5.69 Å². The van der Waals surface area contributed by atoms with Gasteiger partial charge < -0.3 is 14.4 Å². The van der Waals surface area contributed by atoms with Crippen molar-refractivity contribution in [3.8, 4) is 11.1 Å². The Bertz CT molecular complexity index is 1760. The van der Waals surface area contributed by atoms with Crippen LogP contribution < -0.4 is 4.90 Å². The predicted octanol–water partition coefficient (Wildman–Crippen LogP) is 7.18. The maximum Gasteiger partial charge on any atom is 0.119 e. The quantitative estimate of drug-likeness (QED) is 0.194. The lowest BCUT2D eigenvalue weighted by Crippen LogP contribution is -2.43.